The van der Waals surface area contributed by atoms with Crippen molar-refractivity contribution in [2.45, 2.75) is 71.0 Å². The third-order valence-electron chi connectivity index (χ3n) is 6.40. The molecule has 1 amide bonds. The van der Waals surface area contributed by atoms with Gasteiger partial charge in [0, 0.05) is 37.5 Å². The van der Waals surface area contributed by atoms with Gasteiger partial charge in [0.05, 0.1) is 12.2 Å². The Morgan fingerprint density at radius 2 is 2.00 bits per heavy atom. The molecule has 3 aliphatic rings. The average molecular weight is 309 g/mol. The van der Waals surface area contributed by atoms with Crippen molar-refractivity contribution in [3.63, 3.8) is 0 Å². The summed E-state index contributed by atoms with van der Waals surface area (Å²) < 4.78 is 5.80. The Labute approximate surface area is 134 Å². The molecule has 4 nitrogen and oxygen atoms in total. The minimum Gasteiger partial charge on any atom is -0.392 e. The minimum atomic E-state index is -0.240. The number of likely N-dealkylation sites (tertiary alicyclic amines) is 1. The Bertz CT molecular complexity index is 401. The normalized spacial score (nSPS) is 37.9. The van der Waals surface area contributed by atoms with Crippen molar-refractivity contribution in [3.8, 4) is 0 Å². The highest BCUT2D eigenvalue weighted by Gasteiger charge is 2.56. The van der Waals surface area contributed by atoms with E-state index in [0.717, 1.165) is 45.2 Å². The lowest BCUT2D eigenvalue weighted by atomic mass is 9.58. The smallest absolute Gasteiger partial charge is 0.225 e. The summed E-state index contributed by atoms with van der Waals surface area (Å²) in [4.78, 5) is 14.8. The molecule has 0 bridgehead atoms. The van der Waals surface area contributed by atoms with Crippen molar-refractivity contribution in [1.29, 1.82) is 0 Å². The van der Waals surface area contributed by atoms with Crippen LogP contribution in [0, 0.1) is 17.3 Å². The lowest BCUT2D eigenvalue weighted by Crippen LogP contribution is -2.63. The monoisotopic (exact) mass is 309 g/mol. The number of rotatable bonds is 3. The maximum Gasteiger partial charge on any atom is 0.225 e. The number of carbonyl (C=O) groups excluding carboxylic acids is 1. The van der Waals surface area contributed by atoms with Gasteiger partial charge in [-0.15, -0.1) is 0 Å². The van der Waals surface area contributed by atoms with Crippen molar-refractivity contribution in [1.82, 2.24) is 4.90 Å². The molecule has 1 spiro atoms. The van der Waals surface area contributed by atoms with Crippen molar-refractivity contribution in [2.24, 2.45) is 17.3 Å². The molecule has 2 aliphatic carbocycles. The first-order chi connectivity index (χ1) is 10.6. The van der Waals surface area contributed by atoms with Crippen molar-refractivity contribution in [2.75, 3.05) is 19.7 Å². The molecule has 22 heavy (non-hydrogen) atoms. The third kappa shape index (κ3) is 2.80. The predicted molar refractivity (Wildman–Crippen MR) is 85.4 cm³/mol. The minimum absolute atomic E-state index is 0.0767. The van der Waals surface area contributed by atoms with E-state index in [1.165, 1.54) is 12.8 Å². The Balaban J connectivity index is 1.56. The molecule has 0 radical (unpaired) electrons. The largest absolute Gasteiger partial charge is 0.392 e. The first kappa shape index (κ1) is 16.3. The molecule has 0 unspecified atom stereocenters. The number of nitrogens with zero attached hydrogens (tertiary/aromatic N) is 1. The van der Waals surface area contributed by atoms with Crippen LogP contribution in [0.5, 0.6) is 0 Å². The molecule has 0 aromatic heterocycles. The molecule has 0 aromatic carbocycles. The maximum absolute atomic E-state index is 12.7. The lowest BCUT2D eigenvalue weighted by molar-refractivity contribution is -0.210. The van der Waals surface area contributed by atoms with Crippen molar-refractivity contribution < 1.29 is 14.6 Å². The number of hydrogen-bond acceptors (Lipinski definition) is 3. The molecule has 2 saturated carbocycles. The van der Waals surface area contributed by atoms with Crippen LogP contribution in [0.4, 0.5) is 0 Å². The van der Waals surface area contributed by atoms with E-state index in [0.29, 0.717) is 18.4 Å². The van der Waals surface area contributed by atoms with Crippen LogP contribution in [0.15, 0.2) is 0 Å². The van der Waals surface area contributed by atoms with E-state index in [1.54, 1.807) is 0 Å². The fourth-order valence-corrected chi connectivity index (χ4v) is 4.88. The molecule has 4 atom stereocenters. The Kier molecular flexibility index (Phi) is 4.79. The van der Waals surface area contributed by atoms with E-state index in [1.807, 2.05) is 6.92 Å². The van der Waals surface area contributed by atoms with Gasteiger partial charge in [-0.1, -0.05) is 19.8 Å². The summed E-state index contributed by atoms with van der Waals surface area (Å²) in [6.45, 7) is 6.58. The summed E-state index contributed by atoms with van der Waals surface area (Å²) in [7, 11) is 0. The number of aliphatic hydroxyl groups is 1. The van der Waals surface area contributed by atoms with Crippen molar-refractivity contribution in [3.05, 3.63) is 0 Å². The molecule has 1 heterocycles. The Morgan fingerprint density at radius 3 is 2.59 bits per heavy atom. The zero-order valence-electron chi connectivity index (χ0n) is 14.1. The molecule has 126 valence electrons. The summed E-state index contributed by atoms with van der Waals surface area (Å²) in [5.74, 6) is 1.30. The van der Waals surface area contributed by atoms with Crippen LogP contribution in [0.3, 0.4) is 0 Å². The number of piperidine rings is 1. The second-order valence-corrected chi connectivity index (χ2v) is 7.72. The quantitative estimate of drug-likeness (QED) is 0.872. The summed E-state index contributed by atoms with van der Waals surface area (Å²) >= 11 is 0. The molecule has 0 aromatic rings. The van der Waals surface area contributed by atoms with Crippen molar-refractivity contribution >= 4 is 5.91 Å². The topological polar surface area (TPSA) is 49.8 Å². The number of hydrogen-bond donors (Lipinski definition) is 1. The van der Waals surface area contributed by atoms with Crippen LogP contribution < -0.4 is 0 Å². The van der Waals surface area contributed by atoms with E-state index in [-0.39, 0.29) is 23.5 Å². The van der Waals surface area contributed by atoms with Crippen LogP contribution in [0.2, 0.25) is 0 Å². The molecular formula is C18H31NO3. The summed E-state index contributed by atoms with van der Waals surface area (Å²) in [6.07, 6.45) is 7.10. The van der Waals surface area contributed by atoms with Gasteiger partial charge in [0.2, 0.25) is 5.91 Å². The average Bonchev–Trinajstić information content (AvgIpc) is 2.54. The summed E-state index contributed by atoms with van der Waals surface area (Å²) in [5, 5.41) is 10.2. The number of ether oxygens (including phenoxy) is 1. The highest BCUT2D eigenvalue weighted by Crippen LogP contribution is 2.51. The van der Waals surface area contributed by atoms with E-state index in [2.05, 4.69) is 11.8 Å². The molecule has 1 aliphatic heterocycles. The second-order valence-electron chi connectivity index (χ2n) is 7.72. The molecule has 3 fully saturated rings. The first-order valence-electron chi connectivity index (χ1n) is 9.15. The molecule has 1 saturated heterocycles. The molecular weight excluding hydrogens is 278 g/mol. The zero-order valence-corrected chi connectivity index (χ0v) is 14.1. The summed E-state index contributed by atoms with van der Waals surface area (Å²) in [5.41, 5.74) is -0.0767. The van der Waals surface area contributed by atoms with Gasteiger partial charge in [-0.05, 0) is 38.5 Å². The van der Waals surface area contributed by atoms with Gasteiger partial charge in [0.15, 0.2) is 0 Å². The predicted octanol–water partition coefficient (Wildman–Crippen LogP) is 2.59. The van der Waals surface area contributed by atoms with E-state index >= 15 is 0 Å². The van der Waals surface area contributed by atoms with Gasteiger partial charge < -0.3 is 14.7 Å². The van der Waals surface area contributed by atoms with Crippen LogP contribution in [0.25, 0.3) is 0 Å². The Morgan fingerprint density at radius 1 is 1.27 bits per heavy atom. The van der Waals surface area contributed by atoms with Gasteiger partial charge in [-0.3, -0.25) is 4.79 Å². The fourth-order valence-electron chi connectivity index (χ4n) is 4.88. The van der Waals surface area contributed by atoms with Gasteiger partial charge >= 0.3 is 0 Å². The number of carbonyl (C=O) groups is 1. The molecule has 1 N–H and O–H groups in total. The molecule has 3 rings (SSSR count). The van der Waals surface area contributed by atoms with E-state index in [4.69, 9.17) is 4.74 Å². The van der Waals surface area contributed by atoms with E-state index < -0.39 is 0 Å². The zero-order chi connectivity index (χ0) is 15.7. The van der Waals surface area contributed by atoms with Gasteiger partial charge in [-0.25, -0.2) is 0 Å². The van der Waals surface area contributed by atoms with Gasteiger partial charge in [0.25, 0.3) is 0 Å². The van der Waals surface area contributed by atoms with E-state index in [9.17, 15) is 9.90 Å². The van der Waals surface area contributed by atoms with Crippen LogP contribution in [-0.2, 0) is 9.53 Å². The highest BCUT2D eigenvalue weighted by molar-refractivity contribution is 5.79. The summed E-state index contributed by atoms with van der Waals surface area (Å²) in [6, 6.07) is 0. The van der Waals surface area contributed by atoms with Crippen LogP contribution in [0.1, 0.15) is 58.8 Å². The Hall–Kier alpha value is -0.610. The van der Waals surface area contributed by atoms with Gasteiger partial charge in [0.1, 0.15) is 0 Å². The first-order valence-corrected chi connectivity index (χ1v) is 9.15. The fraction of sp³-hybridized carbons (Fsp3) is 0.944. The van der Waals surface area contributed by atoms with Crippen LogP contribution in [-0.4, -0.2) is 47.8 Å². The molecule has 4 heteroatoms. The lowest BCUT2D eigenvalue weighted by Gasteiger charge is -2.56. The van der Waals surface area contributed by atoms with Crippen LogP contribution >= 0.6 is 0 Å². The maximum atomic E-state index is 12.7. The van der Waals surface area contributed by atoms with Gasteiger partial charge in [-0.2, -0.15) is 0 Å². The highest BCUT2D eigenvalue weighted by atomic mass is 16.5. The second kappa shape index (κ2) is 6.48. The number of aliphatic hydroxyl groups excluding tert-OH is 1. The third-order valence-corrected chi connectivity index (χ3v) is 6.40. The number of amides is 1. The SMILES string of the molecule is CCO[C@@H]1C[C@H](O)C12CCN(C(=O)[C@@H]1CCC[C@@H](C)C1)CC2. The standard InChI is InChI=1S/C18H31NO3/c1-3-22-16-12-15(20)18(16)7-9-19(10-8-18)17(21)14-6-4-5-13(2)11-14/h13-16,20H,3-12H2,1-2H3/t13-,14-,15+,16-/m1/s1.